The first-order valence-corrected chi connectivity index (χ1v) is 10.2. The third-order valence-corrected chi connectivity index (χ3v) is 5.64. The van der Waals surface area contributed by atoms with Crippen LogP contribution in [0.15, 0.2) is 24.3 Å². The van der Waals surface area contributed by atoms with E-state index in [0.717, 1.165) is 29.9 Å². The molecule has 1 aliphatic rings. The van der Waals surface area contributed by atoms with Crippen LogP contribution in [0.4, 0.5) is 4.79 Å². The molecule has 0 unspecified atom stereocenters. The van der Waals surface area contributed by atoms with Crippen molar-refractivity contribution in [2.24, 2.45) is 0 Å². The SMILES string of the molecule is CCN(CC(=O)O)C1CC(NC(=O)NCCSCc2ccccc2C#N)C1. The van der Waals surface area contributed by atoms with Crippen molar-refractivity contribution in [3.63, 3.8) is 0 Å². The number of carboxylic acid groups (broad SMARTS) is 1. The fourth-order valence-electron chi connectivity index (χ4n) is 3.09. The summed E-state index contributed by atoms with van der Waals surface area (Å²) in [5.41, 5.74) is 1.70. The zero-order chi connectivity index (χ0) is 19.6. The van der Waals surface area contributed by atoms with Gasteiger partial charge in [-0.15, -0.1) is 0 Å². The summed E-state index contributed by atoms with van der Waals surface area (Å²) in [6, 6.07) is 9.87. The van der Waals surface area contributed by atoms with Crippen LogP contribution in [0.3, 0.4) is 0 Å². The normalized spacial score (nSPS) is 18.4. The van der Waals surface area contributed by atoms with Crippen molar-refractivity contribution in [2.75, 3.05) is 25.4 Å². The molecule has 0 aromatic heterocycles. The fraction of sp³-hybridized carbons (Fsp3) is 0.526. The van der Waals surface area contributed by atoms with Crippen LogP contribution < -0.4 is 10.6 Å². The Morgan fingerprint density at radius 2 is 2.11 bits per heavy atom. The van der Waals surface area contributed by atoms with Crippen LogP contribution in [-0.2, 0) is 10.5 Å². The number of thioether (sulfide) groups is 1. The molecule has 7 nitrogen and oxygen atoms in total. The highest BCUT2D eigenvalue weighted by atomic mass is 32.2. The minimum Gasteiger partial charge on any atom is -0.480 e. The molecule has 1 aromatic rings. The van der Waals surface area contributed by atoms with E-state index >= 15 is 0 Å². The van der Waals surface area contributed by atoms with Gasteiger partial charge in [-0.1, -0.05) is 25.1 Å². The van der Waals surface area contributed by atoms with E-state index in [0.29, 0.717) is 18.7 Å². The average molecular weight is 391 g/mol. The van der Waals surface area contributed by atoms with Gasteiger partial charge in [0.25, 0.3) is 0 Å². The molecule has 0 bridgehead atoms. The molecule has 2 amide bonds. The van der Waals surface area contributed by atoms with Gasteiger partial charge < -0.3 is 15.7 Å². The number of benzene rings is 1. The monoisotopic (exact) mass is 390 g/mol. The number of carbonyl (C=O) groups is 2. The number of likely N-dealkylation sites (N-methyl/N-ethyl adjacent to an activating group) is 1. The quantitative estimate of drug-likeness (QED) is 0.528. The molecule has 8 heteroatoms. The largest absolute Gasteiger partial charge is 0.480 e. The maximum absolute atomic E-state index is 11.9. The second-order valence-corrected chi connectivity index (χ2v) is 7.61. The number of hydrogen-bond acceptors (Lipinski definition) is 5. The zero-order valence-corrected chi connectivity index (χ0v) is 16.3. The lowest BCUT2D eigenvalue weighted by atomic mass is 9.85. The molecule has 2 rings (SSSR count). The molecule has 0 aliphatic heterocycles. The Kier molecular flexibility index (Phi) is 8.43. The van der Waals surface area contributed by atoms with E-state index in [2.05, 4.69) is 16.7 Å². The number of carbonyl (C=O) groups excluding carboxylic acids is 1. The summed E-state index contributed by atoms with van der Waals surface area (Å²) in [5.74, 6) is 0.692. The third-order valence-electron chi connectivity index (χ3n) is 4.64. The number of rotatable bonds is 10. The number of urea groups is 1. The Morgan fingerprint density at radius 3 is 2.78 bits per heavy atom. The molecule has 0 saturated heterocycles. The molecule has 1 fully saturated rings. The maximum Gasteiger partial charge on any atom is 0.317 e. The highest BCUT2D eigenvalue weighted by Gasteiger charge is 2.34. The number of nitriles is 1. The molecule has 0 heterocycles. The number of hydrogen-bond donors (Lipinski definition) is 3. The zero-order valence-electron chi connectivity index (χ0n) is 15.5. The van der Waals surface area contributed by atoms with Gasteiger partial charge in [0, 0.05) is 30.1 Å². The van der Waals surface area contributed by atoms with Crippen molar-refractivity contribution in [1.82, 2.24) is 15.5 Å². The van der Waals surface area contributed by atoms with Gasteiger partial charge in [0.05, 0.1) is 18.2 Å². The van der Waals surface area contributed by atoms with Crippen molar-refractivity contribution in [2.45, 2.75) is 37.6 Å². The second-order valence-electron chi connectivity index (χ2n) is 6.50. The van der Waals surface area contributed by atoms with E-state index < -0.39 is 5.97 Å². The molecule has 3 N–H and O–H groups in total. The van der Waals surface area contributed by atoms with Gasteiger partial charge in [0.1, 0.15) is 0 Å². The lowest BCUT2D eigenvalue weighted by Gasteiger charge is -2.42. The van der Waals surface area contributed by atoms with Gasteiger partial charge in [-0.3, -0.25) is 9.69 Å². The molecule has 0 atom stereocenters. The van der Waals surface area contributed by atoms with Gasteiger partial charge in [-0.2, -0.15) is 17.0 Å². The van der Waals surface area contributed by atoms with Gasteiger partial charge in [0.2, 0.25) is 0 Å². The first-order chi connectivity index (χ1) is 13.0. The fourth-order valence-corrected chi connectivity index (χ4v) is 3.95. The predicted molar refractivity (Wildman–Crippen MR) is 106 cm³/mol. The van der Waals surface area contributed by atoms with Crippen molar-refractivity contribution in [3.8, 4) is 6.07 Å². The molecule has 1 aliphatic carbocycles. The number of nitrogens with one attached hydrogen (secondary N) is 2. The van der Waals surface area contributed by atoms with Crippen LogP contribution in [0.25, 0.3) is 0 Å². The smallest absolute Gasteiger partial charge is 0.317 e. The Hall–Kier alpha value is -2.24. The van der Waals surface area contributed by atoms with E-state index in [4.69, 9.17) is 10.4 Å². The average Bonchev–Trinajstić information content (AvgIpc) is 2.62. The second kappa shape index (κ2) is 10.8. The number of nitrogens with zero attached hydrogens (tertiary/aromatic N) is 2. The molecule has 0 radical (unpaired) electrons. The number of amides is 2. The van der Waals surface area contributed by atoms with E-state index in [1.807, 2.05) is 36.1 Å². The number of carboxylic acids is 1. The van der Waals surface area contributed by atoms with Crippen molar-refractivity contribution < 1.29 is 14.7 Å². The van der Waals surface area contributed by atoms with Crippen molar-refractivity contribution >= 4 is 23.8 Å². The summed E-state index contributed by atoms with van der Waals surface area (Å²) in [6.07, 6.45) is 1.57. The van der Waals surface area contributed by atoms with Crippen LogP contribution >= 0.6 is 11.8 Å². The minimum atomic E-state index is -0.819. The van der Waals surface area contributed by atoms with Crippen molar-refractivity contribution in [3.05, 3.63) is 35.4 Å². The van der Waals surface area contributed by atoms with Gasteiger partial charge in [-0.25, -0.2) is 4.79 Å². The molecule has 1 aromatic carbocycles. The minimum absolute atomic E-state index is 0.0479. The summed E-state index contributed by atoms with van der Waals surface area (Å²) in [5, 5.41) is 23.7. The van der Waals surface area contributed by atoms with Gasteiger partial charge >= 0.3 is 12.0 Å². The highest BCUT2D eigenvalue weighted by molar-refractivity contribution is 7.98. The first-order valence-electron chi connectivity index (χ1n) is 9.09. The third kappa shape index (κ3) is 6.77. The number of aliphatic carboxylic acids is 1. The topological polar surface area (TPSA) is 105 Å². The molecule has 1 saturated carbocycles. The highest BCUT2D eigenvalue weighted by Crippen LogP contribution is 2.25. The van der Waals surface area contributed by atoms with Crippen LogP contribution in [0.1, 0.15) is 30.9 Å². The molecular formula is C19H26N4O3S. The summed E-state index contributed by atoms with van der Waals surface area (Å²) >= 11 is 1.67. The van der Waals surface area contributed by atoms with E-state index in [1.165, 1.54) is 0 Å². The lowest BCUT2D eigenvalue weighted by Crippen LogP contribution is -2.56. The van der Waals surface area contributed by atoms with E-state index in [-0.39, 0.29) is 24.7 Å². The van der Waals surface area contributed by atoms with E-state index in [9.17, 15) is 9.59 Å². The summed E-state index contributed by atoms with van der Waals surface area (Å²) in [4.78, 5) is 24.7. The molecule has 0 spiro atoms. The lowest BCUT2D eigenvalue weighted by molar-refractivity contribution is -0.139. The summed E-state index contributed by atoms with van der Waals surface area (Å²) < 4.78 is 0. The van der Waals surface area contributed by atoms with Crippen LogP contribution in [-0.4, -0.2) is 59.5 Å². The molecule has 27 heavy (non-hydrogen) atoms. The Bertz CT molecular complexity index is 686. The summed E-state index contributed by atoms with van der Waals surface area (Å²) in [6.45, 7) is 3.25. The summed E-state index contributed by atoms with van der Waals surface area (Å²) in [7, 11) is 0. The van der Waals surface area contributed by atoms with Crippen LogP contribution in [0, 0.1) is 11.3 Å². The maximum atomic E-state index is 11.9. The molecule has 146 valence electrons. The van der Waals surface area contributed by atoms with Gasteiger partial charge in [0.15, 0.2) is 0 Å². The first kappa shape index (κ1) is 21.1. The van der Waals surface area contributed by atoms with Crippen LogP contribution in [0.2, 0.25) is 0 Å². The Labute approximate surface area is 164 Å². The standard InChI is InChI=1S/C19H26N4O3S/c1-2-23(12-18(24)25)17-9-16(10-17)22-19(26)21-7-8-27-13-15-6-4-3-5-14(15)11-20/h3-6,16-17H,2,7-10,12-13H2,1H3,(H,24,25)(H2,21,22,26). The van der Waals surface area contributed by atoms with E-state index in [1.54, 1.807) is 11.8 Å². The van der Waals surface area contributed by atoms with Crippen LogP contribution in [0.5, 0.6) is 0 Å². The Balaban J connectivity index is 1.57. The van der Waals surface area contributed by atoms with Crippen molar-refractivity contribution in [1.29, 1.82) is 5.26 Å². The Morgan fingerprint density at radius 1 is 1.37 bits per heavy atom. The molecular weight excluding hydrogens is 364 g/mol. The predicted octanol–water partition coefficient (Wildman–Crippen LogP) is 2.03. The van der Waals surface area contributed by atoms with Gasteiger partial charge in [-0.05, 0) is 31.0 Å².